The van der Waals surface area contributed by atoms with Gasteiger partial charge in [0.05, 0.1) is 35.1 Å². The minimum atomic E-state index is -3.22. The van der Waals surface area contributed by atoms with Crippen molar-refractivity contribution in [1.82, 2.24) is 8.75 Å². The molecular formula is C5H7N2O2S2. The first-order valence-electron chi connectivity index (χ1n) is 2.83. The van der Waals surface area contributed by atoms with Crippen LogP contribution in [-0.4, -0.2) is 17.2 Å². The molecule has 1 heterocycles. The Labute approximate surface area is 69.5 Å². The molecular weight excluding hydrogens is 184 g/mol. The Morgan fingerprint density at radius 2 is 2.18 bits per heavy atom. The molecule has 0 fully saturated rings. The number of hydrogen-bond acceptors (Lipinski definition) is 5. The quantitative estimate of drug-likeness (QED) is 0.685. The zero-order chi connectivity index (χ0) is 8.48. The Hall–Kier alpha value is -0.490. The molecule has 61 valence electrons. The third-order valence-electron chi connectivity index (χ3n) is 1.10. The van der Waals surface area contributed by atoms with Gasteiger partial charge in [-0.2, -0.15) is 8.75 Å². The van der Waals surface area contributed by atoms with Gasteiger partial charge < -0.3 is 0 Å². The van der Waals surface area contributed by atoms with Gasteiger partial charge in [-0.05, 0) is 6.92 Å². The molecule has 1 radical (unpaired) electrons. The summed E-state index contributed by atoms with van der Waals surface area (Å²) in [5.41, 5.74) is 1.17. The first-order chi connectivity index (χ1) is 4.99. The lowest BCUT2D eigenvalue weighted by molar-refractivity contribution is 0.603. The average molecular weight is 191 g/mol. The Morgan fingerprint density at radius 1 is 1.55 bits per heavy atom. The second kappa shape index (κ2) is 2.86. The molecule has 0 aliphatic rings. The first kappa shape index (κ1) is 8.61. The van der Waals surface area contributed by atoms with Gasteiger partial charge in [0.2, 0.25) is 0 Å². The van der Waals surface area contributed by atoms with Crippen molar-refractivity contribution in [2.45, 2.75) is 12.7 Å². The van der Waals surface area contributed by atoms with Crippen LogP contribution in [-0.2, 0) is 15.6 Å². The number of aromatic nitrogens is 2. The average Bonchev–Trinajstić information content (AvgIpc) is 2.12. The molecule has 6 heteroatoms. The SMILES string of the molecule is [CH2]S(=O)(=O)Cc1nsnc1C. The van der Waals surface area contributed by atoms with Gasteiger partial charge >= 0.3 is 0 Å². The van der Waals surface area contributed by atoms with Crippen LogP contribution < -0.4 is 0 Å². The van der Waals surface area contributed by atoms with Gasteiger partial charge in [0.15, 0.2) is 9.84 Å². The van der Waals surface area contributed by atoms with E-state index < -0.39 is 9.84 Å². The van der Waals surface area contributed by atoms with Crippen LogP contribution in [0.3, 0.4) is 0 Å². The van der Waals surface area contributed by atoms with Gasteiger partial charge in [0, 0.05) is 0 Å². The van der Waals surface area contributed by atoms with E-state index >= 15 is 0 Å². The first-order valence-corrected chi connectivity index (χ1v) is 5.38. The predicted molar refractivity (Wildman–Crippen MR) is 42.6 cm³/mol. The molecule has 0 aliphatic carbocycles. The van der Waals surface area contributed by atoms with Crippen LogP contribution in [0.25, 0.3) is 0 Å². The molecule has 0 amide bonds. The van der Waals surface area contributed by atoms with E-state index in [9.17, 15) is 8.42 Å². The second-order valence-electron chi connectivity index (χ2n) is 2.18. The smallest absolute Gasteiger partial charge is 0.157 e. The van der Waals surface area contributed by atoms with Crippen LogP contribution in [0.4, 0.5) is 0 Å². The fourth-order valence-electron chi connectivity index (χ4n) is 0.589. The van der Waals surface area contributed by atoms with Crippen molar-refractivity contribution in [3.8, 4) is 0 Å². The van der Waals surface area contributed by atoms with E-state index in [-0.39, 0.29) is 5.75 Å². The summed E-state index contributed by atoms with van der Waals surface area (Å²) in [7, 11) is -3.22. The summed E-state index contributed by atoms with van der Waals surface area (Å²) >= 11 is 1.01. The van der Waals surface area contributed by atoms with Crippen LogP contribution in [0.15, 0.2) is 0 Å². The van der Waals surface area contributed by atoms with Gasteiger partial charge in [0.25, 0.3) is 0 Å². The normalized spacial score (nSPS) is 11.8. The maximum absolute atomic E-state index is 10.7. The summed E-state index contributed by atoms with van der Waals surface area (Å²) < 4.78 is 29.0. The Balaban J connectivity index is 2.89. The molecule has 0 aromatic carbocycles. The number of aryl methyl sites for hydroxylation is 1. The molecule has 1 aromatic rings. The molecule has 1 rings (SSSR count). The van der Waals surface area contributed by atoms with E-state index in [0.717, 1.165) is 11.7 Å². The largest absolute Gasteiger partial charge is 0.228 e. The van der Waals surface area contributed by atoms with Crippen LogP contribution in [0.1, 0.15) is 11.4 Å². The molecule has 0 saturated heterocycles. The Morgan fingerprint density at radius 3 is 2.55 bits per heavy atom. The predicted octanol–water partition coefficient (Wildman–Crippen LogP) is 0.553. The van der Waals surface area contributed by atoms with E-state index in [1.807, 2.05) is 0 Å². The van der Waals surface area contributed by atoms with Crippen LogP contribution in [0, 0.1) is 13.2 Å². The number of nitrogens with zero attached hydrogens (tertiary/aromatic N) is 2. The molecule has 0 spiro atoms. The number of hydrogen-bond donors (Lipinski definition) is 0. The van der Waals surface area contributed by atoms with Crippen molar-refractivity contribution in [3.63, 3.8) is 0 Å². The minimum absolute atomic E-state index is 0.116. The van der Waals surface area contributed by atoms with Crippen LogP contribution >= 0.6 is 11.7 Å². The van der Waals surface area contributed by atoms with E-state index in [0.29, 0.717) is 11.4 Å². The lowest BCUT2D eigenvalue weighted by atomic mass is 10.4. The zero-order valence-corrected chi connectivity index (χ0v) is 7.57. The van der Waals surface area contributed by atoms with Gasteiger partial charge in [-0.15, -0.1) is 0 Å². The molecule has 4 nitrogen and oxygen atoms in total. The van der Waals surface area contributed by atoms with Gasteiger partial charge in [-0.25, -0.2) is 8.42 Å². The molecule has 0 aliphatic heterocycles. The van der Waals surface area contributed by atoms with Crippen molar-refractivity contribution in [3.05, 3.63) is 17.6 Å². The maximum atomic E-state index is 10.7. The Bertz CT molecular complexity index is 341. The van der Waals surface area contributed by atoms with Crippen molar-refractivity contribution in [1.29, 1.82) is 0 Å². The summed E-state index contributed by atoms with van der Waals surface area (Å²) in [6, 6.07) is 0. The van der Waals surface area contributed by atoms with Crippen LogP contribution in [0.5, 0.6) is 0 Å². The highest BCUT2D eigenvalue weighted by Gasteiger charge is 2.10. The fraction of sp³-hybridized carbons (Fsp3) is 0.400. The molecule has 0 bridgehead atoms. The lowest BCUT2D eigenvalue weighted by Crippen LogP contribution is -1.99. The summed E-state index contributed by atoms with van der Waals surface area (Å²) in [6.45, 7) is 1.73. The fourth-order valence-corrected chi connectivity index (χ4v) is 1.92. The highest BCUT2D eigenvalue weighted by atomic mass is 32.2. The summed E-state index contributed by atoms with van der Waals surface area (Å²) in [5.74, 6) is -0.116. The highest BCUT2D eigenvalue weighted by molar-refractivity contribution is 7.91. The molecule has 0 unspecified atom stereocenters. The monoisotopic (exact) mass is 191 g/mol. The van der Waals surface area contributed by atoms with Crippen molar-refractivity contribution >= 4 is 21.6 Å². The highest BCUT2D eigenvalue weighted by Crippen LogP contribution is 2.07. The number of rotatable bonds is 2. The molecule has 0 atom stereocenters. The van der Waals surface area contributed by atoms with Crippen molar-refractivity contribution in [2.75, 3.05) is 0 Å². The summed E-state index contributed by atoms with van der Waals surface area (Å²) in [5, 5.41) is 0. The van der Waals surface area contributed by atoms with Crippen molar-refractivity contribution in [2.24, 2.45) is 0 Å². The van der Waals surface area contributed by atoms with E-state index in [1.165, 1.54) is 0 Å². The summed E-state index contributed by atoms with van der Waals surface area (Å²) in [4.78, 5) is 0. The zero-order valence-electron chi connectivity index (χ0n) is 5.94. The number of sulfone groups is 1. The minimum Gasteiger partial charge on any atom is -0.228 e. The van der Waals surface area contributed by atoms with Gasteiger partial charge in [-0.3, -0.25) is 0 Å². The maximum Gasteiger partial charge on any atom is 0.157 e. The Kier molecular flexibility index (Phi) is 2.24. The molecule has 0 saturated carbocycles. The summed E-state index contributed by atoms with van der Waals surface area (Å²) in [6.07, 6.45) is 3.00. The standard InChI is InChI=1S/C5H7N2O2S2/c1-4-5(7-10-6-4)3-11(2,8)9/h2-3H2,1H3. The molecule has 1 aromatic heterocycles. The molecule has 11 heavy (non-hydrogen) atoms. The third-order valence-corrected chi connectivity index (χ3v) is 2.47. The lowest BCUT2D eigenvalue weighted by Gasteiger charge is -1.92. The van der Waals surface area contributed by atoms with E-state index in [1.54, 1.807) is 6.92 Å². The topological polar surface area (TPSA) is 59.9 Å². The third kappa shape index (κ3) is 2.55. The van der Waals surface area contributed by atoms with Gasteiger partial charge in [0.1, 0.15) is 0 Å². The van der Waals surface area contributed by atoms with Gasteiger partial charge in [-0.1, -0.05) is 0 Å². The van der Waals surface area contributed by atoms with E-state index in [4.69, 9.17) is 0 Å². The van der Waals surface area contributed by atoms with Crippen molar-refractivity contribution < 1.29 is 8.42 Å². The van der Waals surface area contributed by atoms with Crippen LogP contribution in [0.2, 0.25) is 0 Å². The molecule has 0 N–H and O–H groups in total. The second-order valence-corrected chi connectivity index (χ2v) is 4.49. The van der Waals surface area contributed by atoms with E-state index in [2.05, 4.69) is 15.0 Å².